The number of carboxylic acid groups (broad SMARTS) is 1. The van der Waals surface area contributed by atoms with Crippen LogP contribution in [0.3, 0.4) is 0 Å². The van der Waals surface area contributed by atoms with Crippen LogP contribution >= 0.6 is 0 Å². The Balaban J connectivity index is 1.33. The third kappa shape index (κ3) is 5.74. The minimum atomic E-state index is -4.74. The minimum absolute atomic E-state index is 0.124. The van der Waals surface area contributed by atoms with Crippen LogP contribution in [0.5, 0.6) is 5.88 Å². The van der Waals surface area contributed by atoms with Gasteiger partial charge in [0.15, 0.2) is 0 Å². The molecule has 1 spiro atoms. The zero-order valence-corrected chi connectivity index (χ0v) is 21.7. The molecule has 0 amide bonds. The molecule has 0 radical (unpaired) electrons. The first-order valence-corrected chi connectivity index (χ1v) is 12.8. The van der Waals surface area contributed by atoms with Gasteiger partial charge in [-0.3, -0.25) is 9.59 Å². The van der Waals surface area contributed by atoms with E-state index in [2.05, 4.69) is 15.3 Å². The van der Waals surface area contributed by atoms with E-state index >= 15 is 0 Å². The summed E-state index contributed by atoms with van der Waals surface area (Å²) in [5, 5.41) is 12.4. The highest BCUT2D eigenvalue weighted by atomic mass is 19.4. The quantitative estimate of drug-likeness (QED) is 0.417. The first-order valence-electron chi connectivity index (χ1n) is 12.8. The predicted molar refractivity (Wildman–Crippen MR) is 141 cm³/mol. The second-order valence-electron chi connectivity index (χ2n) is 10.4. The maximum atomic E-state index is 14.1. The number of ether oxygens (including phenoxy) is 1. The Labute approximate surface area is 227 Å². The van der Waals surface area contributed by atoms with Gasteiger partial charge >= 0.3 is 12.1 Å². The number of nitrogens with two attached hydrogens (primary N) is 1. The van der Waals surface area contributed by atoms with Crippen molar-refractivity contribution >= 4 is 17.7 Å². The van der Waals surface area contributed by atoms with Gasteiger partial charge in [0.25, 0.3) is 0 Å². The summed E-state index contributed by atoms with van der Waals surface area (Å²) in [5.41, 5.74) is 6.72. The Hall–Kier alpha value is -4.13. The zero-order valence-electron chi connectivity index (χ0n) is 21.7. The molecule has 40 heavy (non-hydrogen) atoms. The van der Waals surface area contributed by atoms with Crippen molar-refractivity contribution < 1.29 is 27.8 Å². The van der Waals surface area contributed by atoms with Gasteiger partial charge in [-0.05, 0) is 41.9 Å². The number of anilines is 2. The number of rotatable bonds is 6. The Morgan fingerprint density at radius 2 is 1.82 bits per heavy atom. The van der Waals surface area contributed by atoms with E-state index in [1.807, 2.05) is 4.90 Å². The number of hydrogen-bond acceptors (Lipinski definition) is 8. The lowest BCUT2D eigenvalue weighted by Gasteiger charge is -2.39. The number of hydrogen-bond donors (Lipinski definition) is 3. The second-order valence-corrected chi connectivity index (χ2v) is 10.4. The van der Waals surface area contributed by atoms with Gasteiger partial charge in [-0.15, -0.1) is 0 Å². The van der Waals surface area contributed by atoms with Gasteiger partial charge in [0, 0.05) is 50.6 Å². The van der Waals surface area contributed by atoms with Crippen LogP contribution in [0, 0.1) is 5.41 Å². The maximum Gasteiger partial charge on any atom is 0.429 e. The standard InChI is InChI=1S/C27H29F3N6O4/c1-35-14-18(6-7-22(35)37)16-2-4-17(5-3-16)23(27(28,29)30)40-21-12-20(33-25(31)34-21)36-10-8-26(9-11-36)13-19(24(38)39)32-15-26/h2-7,12,14,19,23,32H,8-11,13,15H2,1H3,(H,38,39)(H2,31,33,34). The lowest BCUT2D eigenvalue weighted by atomic mass is 9.76. The lowest BCUT2D eigenvalue weighted by molar-refractivity contribution is -0.198. The fraction of sp³-hybridized carbons (Fsp3) is 0.407. The van der Waals surface area contributed by atoms with E-state index in [4.69, 9.17) is 10.5 Å². The number of aromatic nitrogens is 3. The van der Waals surface area contributed by atoms with Crippen LogP contribution in [0.25, 0.3) is 11.1 Å². The third-order valence-corrected chi connectivity index (χ3v) is 7.68. The number of benzene rings is 1. The number of nitrogen functional groups attached to an aromatic ring is 1. The first kappa shape index (κ1) is 27.4. The van der Waals surface area contributed by atoms with Gasteiger partial charge in [-0.2, -0.15) is 23.1 Å². The number of halogens is 3. The van der Waals surface area contributed by atoms with Crippen molar-refractivity contribution in [2.45, 2.75) is 37.6 Å². The number of pyridine rings is 1. The van der Waals surface area contributed by atoms with Gasteiger partial charge in [0.2, 0.25) is 23.5 Å². The average molecular weight is 559 g/mol. The molecule has 2 aromatic heterocycles. The molecule has 2 aliphatic heterocycles. The van der Waals surface area contributed by atoms with Crippen molar-refractivity contribution in [2.24, 2.45) is 12.5 Å². The van der Waals surface area contributed by atoms with Crippen molar-refractivity contribution in [3.8, 4) is 17.0 Å². The van der Waals surface area contributed by atoms with E-state index in [0.717, 1.165) is 0 Å². The number of carbonyl (C=O) groups is 1. The van der Waals surface area contributed by atoms with E-state index in [1.165, 1.54) is 41.0 Å². The Bertz CT molecular complexity index is 1450. The van der Waals surface area contributed by atoms with E-state index in [9.17, 15) is 27.9 Å². The smallest absolute Gasteiger partial charge is 0.429 e. The molecule has 5 rings (SSSR count). The fourth-order valence-electron chi connectivity index (χ4n) is 5.39. The number of piperidine rings is 1. The molecule has 0 aliphatic carbocycles. The molecule has 10 nitrogen and oxygen atoms in total. The Kier molecular flexibility index (Phi) is 7.17. The van der Waals surface area contributed by atoms with Crippen LogP contribution in [0.15, 0.2) is 53.5 Å². The van der Waals surface area contributed by atoms with Crippen LogP contribution in [0.1, 0.15) is 30.9 Å². The van der Waals surface area contributed by atoms with E-state index in [1.54, 1.807) is 19.3 Å². The fourth-order valence-corrected chi connectivity index (χ4v) is 5.39. The number of aryl methyl sites for hydroxylation is 1. The summed E-state index contributed by atoms with van der Waals surface area (Å²) in [6, 6.07) is 9.50. The van der Waals surface area contributed by atoms with E-state index in [-0.39, 0.29) is 28.4 Å². The zero-order chi connectivity index (χ0) is 28.7. The normalized spacial score (nSPS) is 19.5. The second kappa shape index (κ2) is 10.5. The van der Waals surface area contributed by atoms with Crippen molar-refractivity contribution in [3.05, 3.63) is 64.6 Å². The van der Waals surface area contributed by atoms with Gasteiger partial charge in [0.1, 0.15) is 11.9 Å². The molecule has 2 aliphatic rings. The van der Waals surface area contributed by atoms with Crippen molar-refractivity contribution in [1.29, 1.82) is 0 Å². The van der Waals surface area contributed by atoms with Gasteiger partial charge in [-0.25, -0.2) is 0 Å². The molecular weight excluding hydrogens is 529 g/mol. The molecule has 212 valence electrons. The van der Waals surface area contributed by atoms with Crippen molar-refractivity contribution in [1.82, 2.24) is 19.9 Å². The molecule has 2 atom stereocenters. The van der Waals surface area contributed by atoms with E-state index < -0.39 is 24.3 Å². The molecule has 4 heterocycles. The summed E-state index contributed by atoms with van der Waals surface area (Å²) < 4.78 is 49.2. The van der Waals surface area contributed by atoms with Crippen LogP contribution in [-0.2, 0) is 11.8 Å². The SMILES string of the molecule is Cn1cc(-c2ccc(C(Oc3cc(N4CCC5(CC4)CNC(C(=O)O)C5)nc(N)n3)C(F)(F)F)cc2)ccc1=O. The predicted octanol–water partition coefficient (Wildman–Crippen LogP) is 3.14. The van der Waals surface area contributed by atoms with Crippen LogP contribution in [0.4, 0.5) is 24.9 Å². The highest BCUT2D eigenvalue weighted by Gasteiger charge is 2.45. The lowest BCUT2D eigenvalue weighted by Crippen LogP contribution is -2.41. The maximum absolute atomic E-state index is 14.1. The monoisotopic (exact) mass is 558 g/mol. The van der Waals surface area contributed by atoms with Crippen molar-refractivity contribution in [3.63, 3.8) is 0 Å². The summed E-state index contributed by atoms with van der Waals surface area (Å²) in [5.74, 6) is -1.04. The molecule has 3 aromatic rings. The first-order chi connectivity index (χ1) is 18.9. The molecule has 0 saturated carbocycles. The number of alkyl halides is 3. The highest BCUT2D eigenvalue weighted by Crippen LogP contribution is 2.41. The van der Waals surface area contributed by atoms with Gasteiger partial charge in [-0.1, -0.05) is 24.3 Å². The summed E-state index contributed by atoms with van der Waals surface area (Å²) >= 11 is 0. The highest BCUT2D eigenvalue weighted by molar-refractivity contribution is 5.74. The Morgan fingerprint density at radius 1 is 1.15 bits per heavy atom. The number of aliphatic carboxylic acids is 1. The molecule has 2 unspecified atom stereocenters. The molecule has 4 N–H and O–H groups in total. The minimum Gasteiger partial charge on any atom is -0.480 e. The summed E-state index contributed by atoms with van der Waals surface area (Å²) in [6.45, 7) is 1.69. The van der Waals surface area contributed by atoms with Gasteiger partial charge < -0.3 is 30.4 Å². The molecule has 13 heteroatoms. The molecular formula is C27H29F3N6O4. The van der Waals surface area contributed by atoms with Crippen LogP contribution in [-0.4, -0.2) is 57.5 Å². The van der Waals surface area contributed by atoms with E-state index in [0.29, 0.717) is 55.8 Å². The summed E-state index contributed by atoms with van der Waals surface area (Å²) in [4.78, 5) is 33.0. The number of nitrogens with zero attached hydrogens (tertiary/aromatic N) is 4. The van der Waals surface area contributed by atoms with Crippen LogP contribution in [0.2, 0.25) is 0 Å². The molecule has 0 bridgehead atoms. The van der Waals surface area contributed by atoms with Gasteiger partial charge in [0.05, 0.1) is 0 Å². The molecule has 2 fully saturated rings. The summed E-state index contributed by atoms with van der Waals surface area (Å²) in [6.07, 6.45) is -3.49. The average Bonchev–Trinajstić information content (AvgIpc) is 3.32. The third-order valence-electron chi connectivity index (χ3n) is 7.68. The summed E-state index contributed by atoms with van der Waals surface area (Å²) in [7, 11) is 1.60. The molecule has 2 saturated heterocycles. The topological polar surface area (TPSA) is 136 Å². The van der Waals surface area contributed by atoms with Crippen molar-refractivity contribution in [2.75, 3.05) is 30.3 Å². The van der Waals surface area contributed by atoms with Crippen LogP contribution < -0.4 is 26.2 Å². The number of nitrogens with one attached hydrogen (secondary N) is 1. The number of carboxylic acids is 1. The molecule has 1 aromatic carbocycles. The largest absolute Gasteiger partial charge is 0.480 e. The Morgan fingerprint density at radius 3 is 2.42 bits per heavy atom.